The molecule has 1 atom stereocenters. The van der Waals surface area contributed by atoms with E-state index in [1.165, 1.54) is 0 Å². The summed E-state index contributed by atoms with van der Waals surface area (Å²) in [6.07, 6.45) is -23.3. The van der Waals surface area contributed by atoms with Crippen molar-refractivity contribution in [3.63, 3.8) is 0 Å². The summed E-state index contributed by atoms with van der Waals surface area (Å²) in [5, 5.41) is 9.03. The van der Waals surface area contributed by atoms with E-state index in [4.69, 9.17) is 5.11 Å². The fourth-order valence-corrected chi connectivity index (χ4v) is 2.06. The Labute approximate surface area is 167 Å². The van der Waals surface area contributed by atoms with E-state index >= 15 is 0 Å². The average molecular weight is 512 g/mol. The van der Waals surface area contributed by atoms with Gasteiger partial charge in [-0.1, -0.05) is 6.58 Å². The lowest BCUT2D eigenvalue weighted by Gasteiger charge is -2.43. The fourth-order valence-electron chi connectivity index (χ4n) is 2.06. The third-order valence-corrected chi connectivity index (χ3v) is 3.82. The van der Waals surface area contributed by atoms with Crippen LogP contribution in [0, 0.1) is 0 Å². The number of aliphatic hydroxyl groups is 1. The topological polar surface area (TPSA) is 46.5 Å². The molecular weight excluding hydrogens is 501 g/mol. The smallest absolute Gasteiger partial charge is 0.433 e. The summed E-state index contributed by atoms with van der Waals surface area (Å²) in [6.45, 7) is 2.82. The third-order valence-electron chi connectivity index (χ3n) is 3.82. The third kappa shape index (κ3) is 4.88. The Morgan fingerprint density at radius 3 is 1.53 bits per heavy atom. The lowest BCUT2D eigenvalue weighted by molar-refractivity contribution is -0.457. The summed E-state index contributed by atoms with van der Waals surface area (Å²) in [5.74, 6) is -32.2. The summed E-state index contributed by atoms with van der Waals surface area (Å²) in [7, 11) is 0. The first kappa shape index (κ1) is 30.1. The van der Waals surface area contributed by atoms with E-state index < -0.39 is 73.2 Å². The molecule has 18 heteroatoms. The molecule has 0 fully saturated rings. The zero-order chi connectivity index (χ0) is 26.2. The van der Waals surface area contributed by atoms with Crippen molar-refractivity contribution in [2.24, 2.45) is 0 Å². The number of carbonyl (C=O) groups excluding carboxylic acids is 1. The number of rotatable bonds is 10. The van der Waals surface area contributed by atoms with Crippen LogP contribution in [0.4, 0.5) is 65.9 Å². The minimum atomic E-state index is -8.47. The lowest BCUT2D eigenvalue weighted by atomic mass is 9.85. The van der Waals surface area contributed by atoms with E-state index in [1.54, 1.807) is 0 Å². The number of halogens is 15. The molecule has 0 aromatic carbocycles. The quantitative estimate of drug-likeness (QED) is 0.180. The zero-order valence-corrected chi connectivity index (χ0v) is 14.9. The highest BCUT2D eigenvalue weighted by Crippen LogP contribution is 2.64. The summed E-state index contributed by atoms with van der Waals surface area (Å²) in [4.78, 5) is 10.7. The van der Waals surface area contributed by atoms with Crippen molar-refractivity contribution in [1.29, 1.82) is 0 Å². The van der Waals surface area contributed by atoms with Crippen LogP contribution in [-0.4, -0.2) is 59.1 Å². The summed E-state index contributed by atoms with van der Waals surface area (Å²) in [5.41, 5.74) is -8.34. The standard InChI is InChI=1S/C14H11F15O3/c1-2-6(30)32-7(31)4-3-5-8(15,16)10(18,19)12(22,23)11(20,21)9(17,13(24,25)26)14(27,28)29/h2,7,31H,1,3-5H2. The minimum Gasteiger partial charge on any atom is -0.433 e. The van der Waals surface area contributed by atoms with E-state index in [9.17, 15) is 70.7 Å². The predicted molar refractivity (Wildman–Crippen MR) is 71.9 cm³/mol. The van der Waals surface area contributed by atoms with Crippen molar-refractivity contribution in [3.05, 3.63) is 12.7 Å². The van der Waals surface area contributed by atoms with Gasteiger partial charge in [-0.2, -0.15) is 61.5 Å². The minimum absolute atomic E-state index is 0.416. The van der Waals surface area contributed by atoms with Crippen LogP contribution in [0.25, 0.3) is 0 Å². The van der Waals surface area contributed by atoms with Crippen LogP contribution in [0.1, 0.15) is 19.3 Å². The van der Waals surface area contributed by atoms with Crippen molar-refractivity contribution in [2.75, 3.05) is 0 Å². The molecule has 0 rings (SSSR count). The van der Waals surface area contributed by atoms with Gasteiger partial charge in [-0.25, -0.2) is 9.18 Å². The number of carbonyl (C=O) groups is 1. The van der Waals surface area contributed by atoms with E-state index in [0.717, 1.165) is 0 Å². The maximum atomic E-state index is 13.5. The second-order valence-corrected chi connectivity index (χ2v) is 6.07. The average Bonchev–Trinajstić information content (AvgIpc) is 2.57. The molecule has 0 aromatic heterocycles. The number of alkyl halides is 15. The van der Waals surface area contributed by atoms with Crippen molar-refractivity contribution < 1.29 is 80.5 Å². The first-order valence-corrected chi connectivity index (χ1v) is 7.70. The molecule has 1 unspecified atom stereocenters. The second kappa shape index (κ2) is 8.81. The van der Waals surface area contributed by atoms with Crippen LogP contribution >= 0.6 is 0 Å². The molecule has 190 valence electrons. The zero-order valence-electron chi connectivity index (χ0n) is 14.9. The Balaban J connectivity index is 6.04. The van der Waals surface area contributed by atoms with Crippen LogP contribution < -0.4 is 0 Å². The molecule has 0 spiro atoms. The highest BCUT2D eigenvalue weighted by atomic mass is 19.4. The fraction of sp³-hybridized carbons (Fsp3) is 0.786. The maximum absolute atomic E-state index is 13.5. The van der Waals surface area contributed by atoms with Gasteiger partial charge in [-0.3, -0.25) is 0 Å². The lowest BCUT2D eigenvalue weighted by Crippen LogP contribution is -2.75. The van der Waals surface area contributed by atoms with Crippen LogP contribution in [0.3, 0.4) is 0 Å². The normalized spacial score (nSPS) is 16.0. The molecule has 32 heavy (non-hydrogen) atoms. The number of ether oxygens (including phenoxy) is 1. The molecule has 0 saturated carbocycles. The molecule has 0 aliphatic rings. The monoisotopic (exact) mass is 512 g/mol. The SMILES string of the molecule is C=CC(=O)OC(O)CCCC(F)(F)C(F)(F)C(F)(F)C(F)(F)C(F)(C(F)(F)F)C(F)(F)F. The highest BCUT2D eigenvalue weighted by molar-refractivity contribution is 5.81. The van der Waals surface area contributed by atoms with Gasteiger partial charge < -0.3 is 9.84 Å². The largest absolute Gasteiger partial charge is 0.438 e. The molecule has 0 aliphatic heterocycles. The van der Waals surface area contributed by atoms with E-state index in [2.05, 4.69) is 11.3 Å². The second-order valence-electron chi connectivity index (χ2n) is 6.07. The number of esters is 1. The summed E-state index contributed by atoms with van der Waals surface area (Å²) >= 11 is 0. The van der Waals surface area contributed by atoms with Gasteiger partial charge in [0.25, 0.3) is 0 Å². The molecule has 1 N–H and O–H groups in total. The molecule has 0 aromatic rings. The summed E-state index contributed by atoms with van der Waals surface area (Å²) in [6, 6.07) is 0. The molecule has 0 saturated heterocycles. The van der Waals surface area contributed by atoms with E-state index in [0.29, 0.717) is 6.08 Å². The van der Waals surface area contributed by atoms with Crippen LogP contribution in [0.15, 0.2) is 12.7 Å². The van der Waals surface area contributed by atoms with E-state index in [-0.39, 0.29) is 0 Å². The van der Waals surface area contributed by atoms with Crippen molar-refractivity contribution in [2.45, 2.75) is 67.3 Å². The first-order chi connectivity index (χ1) is 13.8. The van der Waals surface area contributed by atoms with Gasteiger partial charge in [0, 0.05) is 18.9 Å². The number of aliphatic hydroxyl groups excluding tert-OH is 1. The van der Waals surface area contributed by atoms with Crippen LogP contribution in [-0.2, 0) is 9.53 Å². The Kier molecular flexibility index (Phi) is 8.29. The van der Waals surface area contributed by atoms with Crippen molar-refractivity contribution >= 4 is 5.97 Å². The van der Waals surface area contributed by atoms with Gasteiger partial charge in [-0.15, -0.1) is 0 Å². The Bertz CT molecular complexity index is 666. The molecular formula is C14H11F15O3. The molecule has 0 heterocycles. The number of hydrogen-bond donors (Lipinski definition) is 1. The first-order valence-electron chi connectivity index (χ1n) is 7.70. The molecule has 0 bridgehead atoms. The van der Waals surface area contributed by atoms with Crippen LogP contribution in [0.2, 0.25) is 0 Å². The Hall–Kier alpha value is -1.88. The molecule has 3 nitrogen and oxygen atoms in total. The van der Waals surface area contributed by atoms with Gasteiger partial charge in [0.1, 0.15) is 0 Å². The maximum Gasteiger partial charge on any atom is 0.438 e. The van der Waals surface area contributed by atoms with Gasteiger partial charge in [-0.05, 0) is 6.42 Å². The summed E-state index contributed by atoms with van der Waals surface area (Å²) < 4.78 is 199. The Morgan fingerprint density at radius 2 is 1.19 bits per heavy atom. The van der Waals surface area contributed by atoms with Gasteiger partial charge in [0.2, 0.25) is 6.29 Å². The molecule has 0 aliphatic carbocycles. The van der Waals surface area contributed by atoms with E-state index in [1.807, 2.05) is 0 Å². The van der Waals surface area contributed by atoms with Gasteiger partial charge in [0.15, 0.2) is 0 Å². The van der Waals surface area contributed by atoms with Crippen molar-refractivity contribution in [3.8, 4) is 0 Å². The van der Waals surface area contributed by atoms with Gasteiger partial charge >= 0.3 is 47.7 Å². The highest BCUT2D eigenvalue weighted by Gasteiger charge is 2.95. The molecule has 0 radical (unpaired) electrons. The van der Waals surface area contributed by atoms with Crippen molar-refractivity contribution in [1.82, 2.24) is 0 Å². The Morgan fingerprint density at radius 1 is 0.781 bits per heavy atom. The van der Waals surface area contributed by atoms with Crippen LogP contribution in [0.5, 0.6) is 0 Å². The predicted octanol–water partition coefficient (Wildman–Crippen LogP) is 5.58. The number of hydrogen-bond acceptors (Lipinski definition) is 3. The van der Waals surface area contributed by atoms with Gasteiger partial charge in [0.05, 0.1) is 0 Å². The molecule has 0 amide bonds.